The van der Waals surface area contributed by atoms with Crippen LogP contribution in [0.3, 0.4) is 0 Å². The lowest BCUT2D eigenvalue weighted by Gasteiger charge is -1.96. The van der Waals surface area contributed by atoms with Crippen molar-refractivity contribution in [1.82, 2.24) is 4.98 Å². The standard InChI is InChI=1S/C5H4ClIN2/c6-3-1-9-2-4(8)5(3)7/h1-2H,8H2. The summed E-state index contributed by atoms with van der Waals surface area (Å²) in [6, 6.07) is 0. The van der Waals surface area contributed by atoms with Gasteiger partial charge in [0, 0.05) is 6.20 Å². The first-order chi connectivity index (χ1) is 4.22. The molecule has 0 spiro atoms. The summed E-state index contributed by atoms with van der Waals surface area (Å²) in [6.07, 6.45) is 3.15. The van der Waals surface area contributed by atoms with Crippen LogP contribution in [-0.4, -0.2) is 4.98 Å². The predicted octanol–water partition coefficient (Wildman–Crippen LogP) is 1.92. The Balaban J connectivity index is 3.25. The minimum atomic E-state index is 0.607. The van der Waals surface area contributed by atoms with E-state index in [1.807, 2.05) is 0 Å². The Morgan fingerprint density at radius 3 is 2.67 bits per heavy atom. The Morgan fingerprint density at radius 1 is 1.56 bits per heavy atom. The van der Waals surface area contributed by atoms with E-state index in [9.17, 15) is 0 Å². The molecule has 1 heterocycles. The monoisotopic (exact) mass is 254 g/mol. The SMILES string of the molecule is Nc1cncc(Cl)c1I. The highest BCUT2D eigenvalue weighted by Crippen LogP contribution is 2.21. The normalized spacial score (nSPS) is 9.56. The molecule has 0 atom stereocenters. The van der Waals surface area contributed by atoms with Crippen molar-refractivity contribution in [1.29, 1.82) is 0 Å². The van der Waals surface area contributed by atoms with Crippen LogP contribution >= 0.6 is 34.2 Å². The lowest BCUT2D eigenvalue weighted by molar-refractivity contribution is 1.32. The van der Waals surface area contributed by atoms with Gasteiger partial charge in [0.05, 0.1) is 20.5 Å². The molecule has 48 valence electrons. The van der Waals surface area contributed by atoms with Gasteiger partial charge >= 0.3 is 0 Å². The number of halogens is 2. The van der Waals surface area contributed by atoms with Crippen molar-refractivity contribution in [2.45, 2.75) is 0 Å². The Morgan fingerprint density at radius 2 is 2.22 bits per heavy atom. The van der Waals surface area contributed by atoms with Crippen LogP contribution in [0, 0.1) is 3.57 Å². The topological polar surface area (TPSA) is 38.9 Å². The van der Waals surface area contributed by atoms with Gasteiger partial charge < -0.3 is 5.73 Å². The molecule has 0 aliphatic heterocycles. The van der Waals surface area contributed by atoms with E-state index >= 15 is 0 Å². The molecule has 0 saturated carbocycles. The number of hydrogen-bond acceptors (Lipinski definition) is 2. The van der Waals surface area contributed by atoms with Gasteiger partial charge in [-0.2, -0.15) is 0 Å². The van der Waals surface area contributed by atoms with Crippen molar-refractivity contribution < 1.29 is 0 Å². The molecule has 0 saturated heterocycles. The molecule has 0 aromatic carbocycles. The molecule has 1 aromatic heterocycles. The molecule has 0 bridgehead atoms. The van der Waals surface area contributed by atoms with E-state index in [1.54, 1.807) is 12.4 Å². The first kappa shape index (κ1) is 7.08. The number of pyridine rings is 1. The van der Waals surface area contributed by atoms with Crippen LogP contribution in [0.5, 0.6) is 0 Å². The molecule has 0 amide bonds. The Kier molecular flexibility index (Phi) is 2.13. The van der Waals surface area contributed by atoms with Crippen molar-refractivity contribution in [3.63, 3.8) is 0 Å². The van der Waals surface area contributed by atoms with Crippen molar-refractivity contribution in [3.8, 4) is 0 Å². The number of nitrogens with two attached hydrogens (primary N) is 1. The van der Waals surface area contributed by atoms with Crippen molar-refractivity contribution >= 4 is 39.9 Å². The third kappa shape index (κ3) is 1.46. The summed E-state index contributed by atoms with van der Waals surface area (Å²) in [7, 11) is 0. The number of hydrogen-bond donors (Lipinski definition) is 1. The number of rotatable bonds is 0. The lowest BCUT2D eigenvalue weighted by atomic mass is 10.4. The van der Waals surface area contributed by atoms with Gasteiger partial charge in [-0.3, -0.25) is 4.98 Å². The maximum absolute atomic E-state index is 5.66. The zero-order chi connectivity index (χ0) is 6.85. The molecule has 4 heteroatoms. The average molecular weight is 254 g/mol. The number of nitrogens with zero attached hydrogens (tertiary/aromatic N) is 1. The van der Waals surface area contributed by atoms with E-state index in [1.165, 1.54) is 0 Å². The van der Waals surface area contributed by atoms with Gasteiger partial charge in [0.2, 0.25) is 0 Å². The van der Waals surface area contributed by atoms with Crippen LogP contribution in [0.1, 0.15) is 0 Å². The van der Waals surface area contributed by atoms with Crippen LogP contribution in [0.2, 0.25) is 5.02 Å². The van der Waals surface area contributed by atoms with E-state index in [-0.39, 0.29) is 0 Å². The molecule has 1 rings (SSSR count). The van der Waals surface area contributed by atoms with Crippen LogP contribution in [0.15, 0.2) is 12.4 Å². The van der Waals surface area contributed by atoms with Crippen LogP contribution in [-0.2, 0) is 0 Å². The smallest absolute Gasteiger partial charge is 0.0743 e. The zero-order valence-corrected chi connectivity index (χ0v) is 7.35. The number of anilines is 1. The average Bonchev–Trinajstić information content (AvgIpc) is 1.83. The summed E-state index contributed by atoms with van der Waals surface area (Å²) >= 11 is 7.74. The van der Waals surface area contributed by atoms with E-state index in [0.29, 0.717) is 10.7 Å². The van der Waals surface area contributed by atoms with Crippen molar-refractivity contribution in [2.75, 3.05) is 5.73 Å². The molecular formula is C5H4ClIN2. The highest BCUT2D eigenvalue weighted by molar-refractivity contribution is 14.1. The predicted molar refractivity (Wildman–Crippen MR) is 46.4 cm³/mol. The zero-order valence-electron chi connectivity index (χ0n) is 4.44. The fraction of sp³-hybridized carbons (Fsp3) is 0. The highest BCUT2D eigenvalue weighted by Gasteiger charge is 1.98. The van der Waals surface area contributed by atoms with Gasteiger partial charge in [0.25, 0.3) is 0 Å². The fourth-order valence-electron chi connectivity index (χ4n) is 0.434. The summed E-state index contributed by atoms with van der Waals surface area (Å²) in [4.78, 5) is 3.78. The summed E-state index contributed by atoms with van der Waals surface area (Å²) < 4.78 is 0.865. The largest absolute Gasteiger partial charge is 0.397 e. The summed E-state index contributed by atoms with van der Waals surface area (Å²) in [6.45, 7) is 0. The summed E-state index contributed by atoms with van der Waals surface area (Å²) in [5.41, 5.74) is 6.09. The number of aromatic nitrogens is 1. The quantitative estimate of drug-likeness (QED) is 0.719. The van der Waals surface area contributed by atoms with Crippen LogP contribution < -0.4 is 5.73 Å². The molecule has 0 aliphatic rings. The maximum atomic E-state index is 5.66. The molecule has 0 radical (unpaired) electrons. The van der Waals surface area contributed by atoms with Gasteiger partial charge in [0.15, 0.2) is 0 Å². The minimum absolute atomic E-state index is 0.607. The minimum Gasteiger partial charge on any atom is -0.397 e. The lowest BCUT2D eigenvalue weighted by Crippen LogP contribution is -1.90. The second kappa shape index (κ2) is 2.70. The second-order valence-corrected chi connectivity index (χ2v) is 3.01. The second-order valence-electron chi connectivity index (χ2n) is 1.52. The van der Waals surface area contributed by atoms with Gasteiger partial charge in [-0.15, -0.1) is 0 Å². The molecule has 0 fully saturated rings. The Labute approximate surface area is 71.6 Å². The maximum Gasteiger partial charge on any atom is 0.0743 e. The molecule has 2 nitrogen and oxygen atoms in total. The van der Waals surface area contributed by atoms with Gasteiger partial charge in [-0.25, -0.2) is 0 Å². The molecule has 0 unspecified atom stereocenters. The van der Waals surface area contributed by atoms with Crippen LogP contribution in [0.25, 0.3) is 0 Å². The van der Waals surface area contributed by atoms with Gasteiger partial charge in [-0.1, -0.05) is 11.6 Å². The fourth-order valence-corrected chi connectivity index (χ4v) is 0.878. The van der Waals surface area contributed by atoms with E-state index in [2.05, 4.69) is 27.6 Å². The molecule has 0 aliphatic carbocycles. The first-order valence-electron chi connectivity index (χ1n) is 2.26. The van der Waals surface area contributed by atoms with E-state index in [0.717, 1.165) is 3.57 Å². The Hall–Kier alpha value is -0.0300. The summed E-state index contributed by atoms with van der Waals surface area (Å²) in [5.74, 6) is 0. The van der Waals surface area contributed by atoms with E-state index < -0.39 is 0 Å². The van der Waals surface area contributed by atoms with Gasteiger partial charge in [0.1, 0.15) is 0 Å². The highest BCUT2D eigenvalue weighted by atomic mass is 127. The van der Waals surface area contributed by atoms with Gasteiger partial charge in [-0.05, 0) is 22.6 Å². The molecule has 2 N–H and O–H groups in total. The van der Waals surface area contributed by atoms with Crippen molar-refractivity contribution in [2.24, 2.45) is 0 Å². The summed E-state index contributed by atoms with van der Waals surface area (Å²) in [5, 5.41) is 0.607. The number of nitrogen functional groups attached to an aromatic ring is 1. The van der Waals surface area contributed by atoms with Crippen LogP contribution in [0.4, 0.5) is 5.69 Å². The third-order valence-corrected chi connectivity index (χ3v) is 2.67. The molecule has 1 aromatic rings. The molecular weight excluding hydrogens is 250 g/mol. The first-order valence-corrected chi connectivity index (χ1v) is 3.72. The van der Waals surface area contributed by atoms with E-state index in [4.69, 9.17) is 17.3 Å². The third-order valence-electron chi connectivity index (χ3n) is 0.865. The molecule has 9 heavy (non-hydrogen) atoms. The van der Waals surface area contributed by atoms with Crippen molar-refractivity contribution in [3.05, 3.63) is 21.0 Å². The Bertz CT molecular complexity index is 206.